The summed E-state index contributed by atoms with van der Waals surface area (Å²) < 4.78 is 0. The van der Waals surface area contributed by atoms with Gasteiger partial charge in [-0.05, 0) is 30.0 Å². The summed E-state index contributed by atoms with van der Waals surface area (Å²) >= 11 is 1.87. The summed E-state index contributed by atoms with van der Waals surface area (Å²) in [4.78, 5) is 8.28. The molecule has 1 fully saturated rings. The number of aromatic nitrogens is 1. The first kappa shape index (κ1) is 12.8. The Morgan fingerprint density at radius 2 is 2.11 bits per heavy atom. The van der Waals surface area contributed by atoms with Gasteiger partial charge in [0.15, 0.2) is 0 Å². The van der Waals surface area contributed by atoms with Crippen LogP contribution in [0.15, 0.2) is 35.4 Å². The quantitative estimate of drug-likeness (QED) is 0.870. The maximum absolute atomic E-state index is 4.52. The molecule has 100 valence electrons. The highest BCUT2D eigenvalue weighted by Gasteiger charge is 2.13. The summed E-state index contributed by atoms with van der Waals surface area (Å²) in [5, 5.41) is 4.67. The van der Waals surface area contributed by atoms with Gasteiger partial charge < -0.3 is 10.2 Å². The standard InChI is InChI=1S/C15H19N3S/c1-2-19-12-3-4-13-14(11-12)17-6-5-15(13)18-9-7-16-8-10-18/h3-6,11,16H,2,7-10H2,1H3. The monoisotopic (exact) mass is 273 g/mol. The Bertz CT molecular complexity index is 564. The zero-order valence-corrected chi connectivity index (χ0v) is 12.0. The van der Waals surface area contributed by atoms with E-state index in [0.29, 0.717) is 0 Å². The average Bonchev–Trinajstić information content (AvgIpc) is 2.48. The molecule has 1 aliphatic rings. The maximum atomic E-state index is 4.52. The van der Waals surface area contributed by atoms with Crippen molar-refractivity contribution < 1.29 is 0 Å². The van der Waals surface area contributed by atoms with Crippen molar-refractivity contribution in [2.24, 2.45) is 0 Å². The first-order valence-electron chi connectivity index (χ1n) is 6.85. The van der Waals surface area contributed by atoms with E-state index in [0.717, 1.165) is 37.4 Å². The topological polar surface area (TPSA) is 28.2 Å². The number of fused-ring (bicyclic) bond motifs is 1. The lowest BCUT2D eigenvalue weighted by molar-refractivity contribution is 0.590. The first-order valence-corrected chi connectivity index (χ1v) is 7.84. The van der Waals surface area contributed by atoms with Gasteiger partial charge >= 0.3 is 0 Å². The second kappa shape index (κ2) is 5.80. The molecule has 1 saturated heterocycles. The maximum Gasteiger partial charge on any atom is 0.0733 e. The van der Waals surface area contributed by atoms with Crippen LogP contribution in [0.3, 0.4) is 0 Å². The smallest absolute Gasteiger partial charge is 0.0733 e. The van der Waals surface area contributed by atoms with Gasteiger partial charge in [0, 0.05) is 48.3 Å². The highest BCUT2D eigenvalue weighted by molar-refractivity contribution is 7.99. The van der Waals surface area contributed by atoms with Gasteiger partial charge in [0.25, 0.3) is 0 Å². The third-order valence-electron chi connectivity index (χ3n) is 3.46. The molecule has 0 bridgehead atoms. The number of hydrogen-bond donors (Lipinski definition) is 1. The van der Waals surface area contributed by atoms with Crippen LogP contribution < -0.4 is 10.2 Å². The lowest BCUT2D eigenvalue weighted by Crippen LogP contribution is -2.43. The molecule has 1 aromatic heterocycles. The minimum Gasteiger partial charge on any atom is -0.368 e. The van der Waals surface area contributed by atoms with E-state index in [2.05, 4.69) is 46.4 Å². The molecule has 4 heteroatoms. The number of thioether (sulfide) groups is 1. The van der Waals surface area contributed by atoms with Crippen molar-refractivity contribution in [1.29, 1.82) is 0 Å². The van der Waals surface area contributed by atoms with Crippen LogP contribution in [0.1, 0.15) is 6.92 Å². The molecule has 0 unspecified atom stereocenters. The Morgan fingerprint density at radius 3 is 2.89 bits per heavy atom. The summed E-state index contributed by atoms with van der Waals surface area (Å²) in [5.74, 6) is 1.10. The number of benzene rings is 1. The molecule has 3 rings (SSSR count). The van der Waals surface area contributed by atoms with Crippen LogP contribution in [-0.2, 0) is 0 Å². The fraction of sp³-hybridized carbons (Fsp3) is 0.400. The minimum absolute atomic E-state index is 1.06. The van der Waals surface area contributed by atoms with E-state index in [1.807, 2.05) is 18.0 Å². The zero-order valence-electron chi connectivity index (χ0n) is 11.2. The van der Waals surface area contributed by atoms with Crippen LogP contribution in [0.4, 0.5) is 5.69 Å². The van der Waals surface area contributed by atoms with Crippen LogP contribution >= 0.6 is 11.8 Å². The molecular weight excluding hydrogens is 254 g/mol. The average molecular weight is 273 g/mol. The molecule has 2 heterocycles. The molecule has 3 nitrogen and oxygen atoms in total. The number of piperazine rings is 1. The van der Waals surface area contributed by atoms with Crippen molar-refractivity contribution in [2.75, 3.05) is 36.8 Å². The van der Waals surface area contributed by atoms with E-state index in [1.54, 1.807) is 0 Å². The summed E-state index contributed by atoms with van der Waals surface area (Å²) in [6.45, 7) is 6.45. The van der Waals surface area contributed by atoms with Crippen LogP contribution in [0.25, 0.3) is 10.9 Å². The fourth-order valence-corrected chi connectivity index (χ4v) is 3.24. The molecule has 2 aromatic rings. The van der Waals surface area contributed by atoms with Gasteiger partial charge in [-0.3, -0.25) is 4.98 Å². The number of nitrogens with zero attached hydrogens (tertiary/aromatic N) is 2. The summed E-state index contributed by atoms with van der Waals surface area (Å²) in [6.07, 6.45) is 1.93. The van der Waals surface area contributed by atoms with E-state index in [9.17, 15) is 0 Å². The predicted molar refractivity (Wildman–Crippen MR) is 83.2 cm³/mol. The molecule has 19 heavy (non-hydrogen) atoms. The largest absolute Gasteiger partial charge is 0.368 e. The molecule has 0 radical (unpaired) electrons. The number of pyridine rings is 1. The van der Waals surface area contributed by atoms with Crippen molar-refractivity contribution in [1.82, 2.24) is 10.3 Å². The highest BCUT2D eigenvalue weighted by Crippen LogP contribution is 2.29. The molecule has 1 aromatic carbocycles. The van der Waals surface area contributed by atoms with Gasteiger partial charge in [-0.1, -0.05) is 6.92 Å². The Balaban J connectivity index is 2.00. The third-order valence-corrected chi connectivity index (χ3v) is 4.34. The van der Waals surface area contributed by atoms with E-state index < -0.39 is 0 Å². The number of hydrogen-bond acceptors (Lipinski definition) is 4. The van der Waals surface area contributed by atoms with Crippen LogP contribution in [0.2, 0.25) is 0 Å². The summed E-state index contributed by atoms with van der Waals surface area (Å²) in [6, 6.07) is 8.77. The lowest BCUT2D eigenvalue weighted by atomic mass is 10.1. The van der Waals surface area contributed by atoms with Gasteiger partial charge in [0.1, 0.15) is 0 Å². The molecule has 1 N–H and O–H groups in total. The molecule has 0 spiro atoms. The summed E-state index contributed by atoms with van der Waals surface area (Å²) in [5.41, 5.74) is 2.43. The van der Waals surface area contributed by atoms with Crippen LogP contribution in [0, 0.1) is 0 Å². The number of rotatable bonds is 3. The minimum atomic E-state index is 1.06. The van der Waals surface area contributed by atoms with Crippen molar-refractivity contribution in [2.45, 2.75) is 11.8 Å². The Morgan fingerprint density at radius 1 is 1.26 bits per heavy atom. The Kier molecular flexibility index (Phi) is 3.89. The SMILES string of the molecule is CCSc1ccc2c(N3CCNCC3)ccnc2c1. The van der Waals surface area contributed by atoms with Gasteiger partial charge in [0.05, 0.1) is 5.52 Å². The normalized spacial score (nSPS) is 15.9. The van der Waals surface area contributed by atoms with Gasteiger partial charge in [-0.15, -0.1) is 11.8 Å². The molecule has 0 amide bonds. The van der Waals surface area contributed by atoms with E-state index in [4.69, 9.17) is 0 Å². The Labute approximate surface area is 118 Å². The fourth-order valence-electron chi connectivity index (χ4n) is 2.55. The van der Waals surface area contributed by atoms with Gasteiger partial charge in [0.2, 0.25) is 0 Å². The van der Waals surface area contributed by atoms with Crippen molar-refractivity contribution in [3.63, 3.8) is 0 Å². The molecule has 0 atom stereocenters. The van der Waals surface area contributed by atoms with E-state index >= 15 is 0 Å². The van der Waals surface area contributed by atoms with Crippen molar-refractivity contribution in [3.05, 3.63) is 30.5 Å². The van der Waals surface area contributed by atoms with Gasteiger partial charge in [-0.2, -0.15) is 0 Å². The molecular formula is C15H19N3S. The number of anilines is 1. The van der Waals surface area contributed by atoms with Crippen molar-refractivity contribution >= 4 is 28.4 Å². The van der Waals surface area contributed by atoms with Gasteiger partial charge in [-0.25, -0.2) is 0 Å². The highest BCUT2D eigenvalue weighted by atomic mass is 32.2. The van der Waals surface area contributed by atoms with E-state index in [-0.39, 0.29) is 0 Å². The first-order chi connectivity index (χ1) is 9.38. The molecule has 0 saturated carbocycles. The molecule has 0 aliphatic carbocycles. The lowest BCUT2D eigenvalue weighted by Gasteiger charge is -2.30. The predicted octanol–water partition coefficient (Wildman–Crippen LogP) is 2.76. The summed E-state index contributed by atoms with van der Waals surface area (Å²) in [7, 11) is 0. The van der Waals surface area contributed by atoms with Crippen LogP contribution in [0.5, 0.6) is 0 Å². The molecule has 1 aliphatic heterocycles. The zero-order chi connectivity index (χ0) is 13.1. The number of nitrogens with one attached hydrogen (secondary N) is 1. The third kappa shape index (κ3) is 2.69. The Hall–Kier alpha value is -1.26. The van der Waals surface area contributed by atoms with Crippen LogP contribution in [-0.4, -0.2) is 36.9 Å². The van der Waals surface area contributed by atoms with Crippen molar-refractivity contribution in [3.8, 4) is 0 Å². The second-order valence-electron chi connectivity index (χ2n) is 4.68. The second-order valence-corrected chi connectivity index (χ2v) is 6.02. The van der Waals surface area contributed by atoms with E-state index in [1.165, 1.54) is 16.0 Å².